The van der Waals surface area contributed by atoms with Crippen LogP contribution in [0.15, 0.2) is 41.4 Å². The van der Waals surface area contributed by atoms with E-state index >= 15 is 0 Å². The molecule has 4 rings (SSSR count). The minimum atomic E-state index is -4.43. The molecule has 0 atom stereocenters. The van der Waals surface area contributed by atoms with Crippen molar-refractivity contribution in [1.29, 1.82) is 0 Å². The zero-order valence-corrected chi connectivity index (χ0v) is 16.3. The van der Waals surface area contributed by atoms with E-state index in [0.29, 0.717) is 44.9 Å². The fourth-order valence-electron chi connectivity index (χ4n) is 3.58. The van der Waals surface area contributed by atoms with Gasteiger partial charge in [0.1, 0.15) is 11.6 Å². The van der Waals surface area contributed by atoms with Crippen molar-refractivity contribution in [3.63, 3.8) is 0 Å². The predicted octanol–water partition coefficient (Wildman–Crippen LogP) is 2.94. The minimum absolute atomic E-state index is 0.235. The van der Waals surface area contributed by atoms with Gasteiger partial charge in [-0.25, -0.2) is 13.4 Å². The zero-order chi connectivity index (χ0) is 20.6. The van der Waals surface area contributed by atoms with E-state index < -0.39 is 21.8 Å². The highest BCUT2D eigenvalue weighted by Gasteiger charge is 2.32. The number of alkyl halides is 3. The summed E-state index contributed by atoms with van der Waals surface area (Å²) in [6, 6.07) is 7.23. The summed E-state index contributed by atoms with van der Waals surface area (Å²) in [4.78, 5) is 5.97. The molecule has 0 amide bonds. The van der Waals surface area contributed by atoms with E-state index in [-0.39, 0.29) is 11.4 Å². The molecule has 0 spiro atoms. The van der Waals surface area contributed by atoms with Crippen molar-refractivity contribution in [3.8, 4) is 5.75 Å². The molecule has 0 saturated carbocycles. The number of hydrogen-bond acceptors (Lipinski definition) is 5. The highest BCUT2D eigenvalue weighted by Crippen LogP contribution is 2.31. The lowest BCUT2D eigenvalue weighted by molar-refractivity contribution is -0.137. The Hall–Kier alpha value is -2.33. The average molecular weight is 427 g/mol. The average Bonchev–Trinajstić information content (AvgIpc) is 3.01. The van der Waals surface area contributed by atoms with Crippen LogP contribution in [0.2, 0.25) is 0 Å². The second-order valence-corrected chi connectivity index (χ2v) is 8.95. The molecule has 2 aliphatic rings. The van der Waals surface area contributed by atoms with Crippen LogP contribution in [0, 0.1) is 0 Å². The van der Waals surface area contributed by atoms with Gasteiger partial charge in [0.25, 0.3) is 0 Å². The number of nitrogens with zero attached hydrogens (tertiary/aromatic N) is 3. The number of hydrogen-bond donors (Lipinski definition) is 0. The summed E-state index contributed by atoms with van der Waals surface area (Å²) in [6.45, 7) is 2.00. The maximum absolute atomic E-state index is 13.1. The van der Waals surface area contributed by atoms with E-state index in [2.05, 4.69) is 4.98 Å². The maximum Gasteiger partial charge on any atom is 0.417 e. The molecule has 1 fully saturated rings. The smallest absolute Gasteiger partial charge is 0.417 e. The van der Waals surface area contributed by atoms with E-state index in [1.807, 2.05) is 4.90 Å². The van der Waals surface area contributed by atoms with Crippen LogP contribution in [0.5, 0.6) is 5.75 Å². The number of anilines is 1. The second kappa shape index (κ2) is 7.49. The first-order valence-corrected chi connectivity index (χ1v) is 10.7. The van der Waals surface area contributed by atoms with Gasteiger partial charge >= 0.3 is 6.18 Å². The van der Waals surface area contributed by atoms with E-state index in [1.54, 1.807) is 18.2 Å². The van der Waals surface area contributed by atoms with Gasteiger partial charge < -0.3 is 9.64 Å². The highest BCUT2D eigenvalue weighted by molar-refractivity contribution is 7.89. The molecule has 0 aliphatic carbocycles. The van der Waals surface area contributed by atoms with Gasteiger partial charge in [0.15, 0.2) is 0 Å². The van der Waals surface area contributed by atoms with Crippen LogP contribution in [0.25, 0.3) is 0 Å². The van der Waals surface area contributed by atoms with Crippen LogP contribution in [-0.4, -0.2) is 50.5 Å². The summed E-state index contributed by atoms with van der Waals surface area (Å²) in [6.07, 6.45) is -2.39. The van der Waals surface area contributed by atoms with Crippen LogP contribution >= 0.6 is 0 Å². The van der Waals surface area contributed by atoms with Gasteiger partial charge in [-0.2, -0.15) is 17.5 Å². The summed E-state index contributed by atoms with van der Waals surface area (Å²) in [5.41, 5.74) is 0.0809. The SMILES string of the molecule is O=S(=O)(c1ccc2c(c1)CCO2)N1CCCN(c2ccc(C(F)(F)F)cn2)CC1. The van der Waals surface area contributed by atoms with E-state index in [9.17, 15) is 21.6 Å². The fraction of sp³-hybridized carbons (Fsp3) is 0.421. The molecule has 6 nitrogen and oxygen atoms in total. The molecular weight excluding hydrogens is 407 g/mol. The Kier molecular flexibility index (Phi) is 5.16. The molecule has 0 radical (unpaired) electrons. The number of pyridine rings is 1. The molecule has 10 heteroatoms. The molecule has 29 heavy (non-hydrogen) atoms. The Morgan fingerprint density at radius 3 is 2.59 bits per heavy atom. The third-order valence-electron chi connectivity index (χ3n) is 5.15. The third kappa shape index (κ3) is 4.04. The van der Waals surface area contributed by atoms with Crippen molar-refractivity contribution in [3.05, 3.63) is 47.7 Å². The topological polar surface area (TPSA) is 62.7 Å². The van der Waals surface area contributed by atoms with Gasteiger partial charge in [-0.05, 0) is 42.3 Å². The monoisotopic (exact) mass is 427 g/mol. The van der Waals surface area contributed by atoms with Gasteiger partial charge in [-0.15, -0.1) is 0 Å². The lowest BCUT2D eigenvalue weighted by Gasteiger charge is -2.23. The molecule has 3 heterocycles. The summed E-state index contributed by atoms with van der Waals surface area (Å²) in [7, 11) is -3.66. The fourth-order valence-corrected chi connectivity index (χ4v) is 5.10. The first kappa shape index (κ1) is 20.0. The van der Waals surface area contributed by atoms with Gasteiger partial charge in [-0.3, -0.25) is 0 Å². The standard InChI is InChI=1S/C19H20F3N3O3S/c20-19(21,22)15-2-5-18(23-13-15)24-7-1-8-25(10-9-24)29(26,27)16-3-4-17-14(12-16)6-11-28-17/h2-5,12-13H,1,6-11H2. The summed E-state index contributed by atoms with van der Waals surface area (Å²) in [5.74, 6) is 1.13. The zero-order valence-electron chi connectivity index (χ0n) is 15.5. The molecule has 0 bridgehead atoms. The quantitative estimate of drug-likeness (QED) is 0.754. The number of rotatable bonds is 3. The van der Waals surface area contributed by atoms with Gasteiger partial charge in [0, 0.05) is 38.8 Å². The minimum Gasteiger partial charge on any atom is -0.493 e. The Morgan fingerprint density at radius 1 is 1.03 bits per heavy atom. The number of ether oxygens (including phenoxy) is 1. The van der Waals surface area contributed by atoms with Crippen molar-refractivity contribution in [1.82, 2.24) is 9.29 Å². The molecule has 1 aromatic heterocycles. The van der Waals surface area contributed by atoms with Gasteiger partial charge in [-0.1, -0.05) is 0 Å². The molecule has 1 saturated heterocycles. The van der Waals surface area contributed by atoms with Crippen LogP contribution in [0.3, 0.4) is 0 Å². The largest absolute Gasteiger partial charge is 0.493 e. The number of aromatic nitrogens is 1. The molecular formula is C19H20F3N3O3S. The van der Waals surface area contributed by atoms with Crippen LogP contribution in [0.1, 0.15) is 17.5 Å². The summed E-state index contributed by atoms with van der Waals surface area (Å²) in [5, 5.41) is 0. The van der Waals surface area contributed by atoms with Crippen molar-refractivity contribution < 1.29 is 26.3 Å². The number of fused-ring (bicyclic) bond motifs is 1. The van der Waals surface area contributed by atoms with Gasteiger partial charge in [0.2, 0.25) is 10.0 Å². The van der Waals surface area contributed by atoms with Crippen molar-refractivity contribution in [2.45, 2.75) is 23.9 Å². The normalized spacial score (nSPS) is 18.2. The van der Waals surface area contributed by atoms with Crippen molar-refractivity contribution >= 4 is 15.8 Å². The number of benzene rings is 1. The van der Waals surface area contributed by atoms with E-state index in [4.69, 9.17) is 4.74 Å². The highest BCUT2D eigenvalue weighted by atomic mass is 32.2. The molecule has 0 unspecified atom stereocenters. The first-order chi connectivity index (χ1) is 13.7. The van der Waals surface area contributed by atoms with Crippen molar-refractivity contribution in [2.24, 2.45) is 0 Å². The molecule has 156 valence electrons. The third-order valence-corrected chi connectivity index (χ3v) is 7.05. The van der Waals surface area contributed by atoms with E-state index in [0.717, 1.165) is 23.6 Å². The second-order valence-electron chi connectivity index (χ2n) is 7.02. The number of sulfonamides is 1. The van der Waals surface area contributed by atoms with Crippen LogP contribution in [0.4, 0.5) is 19.0 Å². The number of halogens is 3. The molecule has 1 aromatic carbocycles. The Morgan fingerprint density at radius 2 is 1.86 bits per heavy atom. The van der Waals surface area contributed by atoms with Crippen LogP contribution < -0.4 is 9.64 Å². The molecule has 2 aliphatic heterocycles. The Balaban J connectivity index is 1.48. The van der Waals surface area contributed by atoms with Gasteiger partial charge in [0.05, 0.1) is 17.1 Å². The summed E-state index contributed by atoms with van der Waals surface area (Å²) >= 11 is 0. The van der Waals surface area contributed by atoms with Crippen LogP contribution in [-0.2, 0) is 22.6 Å². The predicted molar refractivity (Wildman–Crippen MR) is 100 cm³/mol. The van der Waals surface area contributed by atoms with Crippen molar-refractivity contribution in [2.75, 3.05) is 37.7 Å². The molecule has 0 N–H and O–H groups in total. The maximum atomic E-state index is 13.1. The molecule has 2 aromatic rings. The first-order valence-electron chi connectivity index (χ1n) is 9.29. The van der Waals surface area contributed by atoms with E-state index in [1.165, 1.54) is 10.4 Å². The Labute approximate surface area is 167 Å². The lowest BCUT2D eigenvalue weighted by Crippen LogP contribution is -2.35. The lowest BCUT2D eigenvalue weighted by atomic mass is 10.2. The Bertz CT molecular complexity index is 994. The summed E-state index contributed by atoms with van der Waals surface area (Å²) < 4.78 is 71.1.